The first kappa shape index (κ1) is 24.5. The molecule has 7 nitrogen and oxygen atoms in total. The molecule has 6 aromatic rings. The van der Waals surface area contributed by atoms with E-state index in [0.29, 0.717) is 17.0 Å². The summed E-state index contributed by atoms with van der Waals surface area (Å²) >= 11 is 0. The van der Waals surface area contributed by atoms with Crippen LogP contribution in [0.4, 0.5) is 0 Å². The summed E-state index contributed by atoms with van der Waals surface area (Å²) in [6.07, 6.45) is 2.94. The van der Waals surface area contributed by atoms with E-state index in [0.717, 1.165) is 27.1 Å². The predicted octanol–water partition coefficient (Wildman–Crippen LogP) is 6.31. The van der Waals surface area contributed by atoms with Gasteiger partial charge in [-0.1, -0.05) is 60.4 Å². The van der Waals surface area contributed by atoms with E-state index in [1.807, 2.05) is 24.3 Å². The van der Waals surface area contributed by atoms with Gasteiger partial charge in [-0.3, -0.25) is 9.97 Å². The van der Waals surface area contributed by atoms with Gasteiger partial charge in [0, 0.05) is 23.5 Å². The van der Waals surface area contributed by atoms with Crippen molar-refractivity contribution in [2.45, 2.75) is 0 Å². The maximum Gasteiger partial charge on any atom is 0.335 e. The van der Waals surface area contributed by atoms with Crippen molar-refractivity contribution in [2.24, 2.45) is 0 Å². The Morgan fingerprint density at radius 1 is 0.575 bits per heavy atom. The van der Waals surface area contributed by atoms with Crippen molar-refractivity contribution in [1.29, 1.82) is 0 Å². The molecule has 3 heterocycles. The molecule has 0 saturated carbocycles. The van der Waals surface area contributed by atoms with Gasteiger partial charge in [0.05, 0.1) is 33.9 Å². The molecule has 0 aliphatic heterocycles. The second-order valence-corrected chi connectivity index (χ2v) is 9.04. The zero-order valence-electron chi connectivity index (χ0n) is 20.9. The largest absolute Gasteiger partial charge is 0.478 e. The van der Waals surface area contributed by atoms with E-state index < -0.39 is 11.9 Å². The fourth-order valence-corrected chi connectivity index (χ4v) is 4.55. The fourth-order valence-electron chi connectivity index (χ4n) is 4.55. The summed E-state index contributed by atoms with van der Waals surface area (Å²) in [7, 11) is 0. The van der Waals surface area contributed by atoms with Crippen molar-refractivity contribution >= 4 is 33.5 Å². The van der Waals surface area contributed by atoms with Crippen molar-refractivity contribution in [1.82, 2.24) is 15.0 Å². The highest BCUT2D eigenvalue weighted by atomic mass is 16.4. The molecule has 3 aromatic heterocycles. The molecule has 0 unspecified atom stereocenters. The Bertz CT molecular complexity index is 1990. The summed E-state index contributed by atoms with van der Waals surface area (Å²) in [5.41, 5.74) is 2.78. The number of pyridine rings is 3. The molecule has 3 aromatic carbocycles. The van der Waals surface area contributed by atoms with E-state index in [2.05, 4.69) is 57.1 Å². The van der Waals surface area contributed by atoms with Crippen LogP contribution in [0.15, 0.2) is 103 Å². The molecule has 0 fully saturated rings. The lowest BCUT2D eigenvalue weighted by Gasteiger charge is -2.08. The molecular weight excluding hydrogens is 502 g/mol. The number of aromatic carboxylic acids is 2. The number of rotatable bonds is 4. The second-order valence-electron chi connectivity index (χ2n) is 9.04. The lowest BCUT2D eigenvalue weighted by molar-refractivity contribution is 0.0686. The maximum absolute atomic E-state index is 11.9. The monoisotopic (exact) mass is 521 g/mol. The van der Waals surface area contributed by atoms with Crippen molar-refractivity contribution in [3.63, 3.8) is 0 Å². The number of hydrogen-bond donors (Lipinski definition) is 2. The first-order chi connectivity index (χ1) is 19.5. The van der Waals surface area contributed by atoms with Gasteiger partial charge in [0.15, 0.2) is 0 Å². The lowest BCUT2D eigenvalue weighted by atomic mass is 9.97. The van der Waals surface area contributed by atoms with Crippen LogP contribution in [0.25, 0.3) is 44.3 Å². The lowest BCUT2D eigenvalue weighted by Crippen LogP contribution is -2.02. The summed E-state index contributed by atoms with van der Waals surface area (Å²) in [5, 5.41) is 23.4. The molecule has 0 bridgehead atoms. The average Bonchev–Trinajstić information content (AvgIpc) is 2.99. The summed E-state index contributed by atoms with van der Waals surface area (Å²) in [6.45, 7) is 0. The molecule has 0 aliphatic carbocycles. The molecule has 0 spiro atoms. The minimum Gasteiger partial charge on any atom is -0.478 e. The highest BCUT2D eigenvalue weighted by Crippen LogP contribution is 2.28. The van der Waals surface area contributed by atoms with E-state index in [1.54, 1.807) is 18.3 Å². The van der Waals surface area contributed by atoms with Crippen LogP contribution in [0.5, 0.6) is 0 Å². The maximum atomic E-state index is 11.9. The van der Waals surface area contributed by atoms with Gasteiger partial charge >= 0.3 is 11.9 Å². The Morgan fingerprint density at radius 2 is 1.12 bits per heavy atom. The van der Waals surface area contributed by atoms with E-state index in [9.17, 15) is 19.8 Å². The minimum absolute atomic E-state index is 0.0189. The van der Waals surface area contributed by atoms with Crippen molar-refractivity contribution < 1.29 is 19.8 Å². The molecule has 2 N–H and O–H groups in total. The van der Waals surface area contributed by atoms with E-state index in [4.69, 9.17) is 0 Å². The van der Waals surface area contributed by atoms with E-state index in [1.165, 1.54) is 30.5 Å². The molecular formula is C33H19N3O4. The number of hydrogen-bond acceptors (Lipinski definition) is 5. The van der Waals surface area contributed by atoms with Crippen molar-refractivity contribution in [2.75, 3.05) is 0 Å². The molecule has 0 atom stereocenters. The fraction of sp³-hybridized carbons (Fsp3) is 0. The van der Waals surface area contributed by atoms with Crippen LogP contribution in [-0.4, -0.2) is 37.1 Å². The Balaban J connectivity index is 1.45. The quantitative estimate of drug-likeness (QED) is 0.206. The summed E-state index contributed by atoms with van der Waals surface area (Å²) in [5.74, 6) is 4.32. The van der Waals surface area contributed by atoms with Crippen molar-refractivity contribution in [3.05, 3.63) is 126 Å². The molecule has 40 heavy (non-hydrogen) atoms. The van der Waals surface area contributed by atoms with E-state index in [-0.39, 0.29) is 22.5 Å². The molecule has 6 rings (SSSR count). The Morgan fingerprint density at radius 3 is 1.75 bits per heavy atom. The molecule has 0 aliphatic rings. The van der Waals surface area contributed by atoms with Gasteiger partial charge in [0.2, 0.25) is 0 Å². The van der Waals surface area contributed by atoms with Gasteiger partial charge in [-0.05, 0) is 64.0 Å². The van der Waals surface area contributed by atoms with Gasteiger partial charge in [0.25, 0.3) is 0 Å². The molecule has 0 radical (unpaired) electrons. The van der Waals surface area contributed by atoms with Gasteiger partial charge < -0.3 is 10.2 Å². The van der Waals surface area contributed by atoms with Gasteiger partial charge in [0.1, 0.15) is 0 Å². The van der Waals surface area contributed by atoms with Crippen LogP contribution in [0.3, 0.4) is 0 Å². The zero-order valence-corrected chi connectivity index (χ0v) is 20.9. The Kier molecular flexibility index (Phi) is 6.19. The number of nitrogens with zero attached hydrogens (tertiary/aromatic N) is 3. The Hall–Kier alpha value is -5.87. The van der Waals surface area contributed by atoms with Crippen LogP contribution >= 0.6 is 0 Å². The number of carboxylic acids is 2. The standard InChI is InChI=1S/C33H19N3O4/c37-32(38)23-12-14-35-29(17-23)31-19-24(33(39)40)18-30(36-31)28-15-20(11-13-34-28)9-10-27-25-7-3-1-5-21(25)16-22-6-2-4-8-26(22)27/h1-8,11-19H,(H,37,38)(H,39,40). The highest BCUT2D eigenvalue weighted by molar-refractivity contribution is 6.04. The number of aromatic nitrogens is 3. The topological polar surface area (TPSA) is 113 Å². The third-order valence-corrected chi connectivity index (χ3v) is 6.47. The third kappa shape index (κ3) is 4.73. The minimum atomic E-state index is -1.15. The van der Waals surface area contributed by atoms with E-state index >= 15 is 0 Å². The predicted molar refractivity (Wildman–Crippen MR) is 152 cm³/mol. The molecule has 190 valence electrons. The van der Waals surface area contributed by atoms with Gasteiger partial charge in [-0.15, -0.1) is 0 Å². The number of carbonyl (C=O) groups is 2. The molecule has 0 saturated heterocycles. The first-order valence-corrected chi connectivity index (χ1v) is 12.3. The average molecular weight is 522 g/mol. The highest BCUT2D eigenvalue weighted by Gasteiger charge is 2.15. The van der Waals surface area contributed by atoms with Gasteiger partial charge in [-0.25, -0.2) is 14.6 Å². The number of carboxylic acid groups (broad SMARTS) is 2. The Labute approximate surface area is 228 Å². The first-order valence-electron chi connectivity index (χ1n) is 12.3. The van der Waals surface area contributed by atoms with Crippen LogP contribution in [0.1, 0.15) is 31.8 Å². The summed E-state index contributed by atoms with van der Waals surface area (Å²) in [4.78, 5) is 36.5. The zero-order chi connectivity index (χ0) is 27.6. The number of benzene rings is 3. The SMILES string of the molecule is O=C(O)c1ccnc(-c2cc(C(=O)O)cc(-c3cc(C#Cc4c5ccccc5cc5ccccc45)ccn3)n2)c1. The third-order valence-electron chi connectivity index (χ3n) is 6.47. The van der Waals surface area contributed by atoms with Crippen LogP contribution in [0.2, 0.25) is 0 Å². The smallest absolute Gasteiger partial charge is 0.335 e. The van der Waals surface area contributed by atoms with Crippen LogP contribution in [0, 0.1) is 11.8 Å². The van der Waals surface area contributed by atoms with Gasteiger partial charge in [-0.2, -0.15) is 0 Å². The second kappa shape index (κ2) is 10.1. The molecule has 0 amide bonds. The number of fused-ring (bicyclic) bond motifs is 2. The molecule has 7 heteroatoms. The summed E-state index contributed by atoms with van der Waals surface area (Å²) in [6, 6.07) is 27.4. The normalized spacial score (nSPS) is 10.7. The van der Waals surface area contributed by atoms with Crippen LogP contribution < -0.4 is 0 Å². The van der Waals surface area contributed by atoms with Crippen LogP contribution in [-0.2, 0) is 0 Å². The van der Waals surface area contributed by atoms with Crippen molar-refractivity contribution in [3.8, 4) is 34.6 Å². The summed E-state index contributed by atoms with van der Waals surface area (Å²) < 4.78 is 0.